The first-order chi connectivity index (χ1) is 17.9. The van der Waals surface area contributed by atoms with Crippen molar-refractivity contribution >= 4 is 46.5 Å². The number of para-hydroxylation sites is 1. The zero-order valence-corrected chi connectivity index (χ0v) is 21.0. The van der Waals surface area contributed by atoms with Gasteiger partial charge in [0.05, 0.1) is 6.04 Å². The molecule has 0 radical (unpaired) electrons. The van der Waals surface area contributed by atoms with Crippen LogP contribution in [0.25, 0.3) is 10.9 Å². The van der Waals surface area contributed by atoms with Crippen LogP contribution in [0.1, 0.15) is 35.3 Å². The van der Waals surface area contributed by atoms with Crippen molar-refractivity contribution in [3.63, 3.8) is 0 Å². The van der Waals surface area contributed by atoms with E-state index in [1.807, 2.05) is 48.5 Å². The van der Waals surface area contributed by atoms with E-state index in [1.165, 1.54) is 0 Å². The predicted molar refractivity (Wildman–Crippen MR) is 140 cm³/mol. The van der Waals surface area contributed by atoms with Gasteiger partial charge in [-0.1, -0.05) is 48.0 Å². The smallest absolute Gasteiger partial charge is 0.270 e. The van der Waals surface area contributed by atoms with Gasteiger partial charge in [-0.25, -0.2) is 0 Å². The van der Waals surface area contributed by atoms with Crippen LogP contribution in [-0.4, -0.2) is 59.1 Å². The number of halogens is 1. The van der Waals surface area contributed by atoms with Crippen LogP contribution in [0.4, 0.5) is 0 Å². The van der Waals surface area contributed by atoms with E-state index in [9.17, 15) is 19.2 Å². The van der Waals surface area contributed by atoms with E-state index in [0.29, 0.717) is 49.4 Å². The quantitative estimate of drug-likeness (QED) is 0.396. The molecule has 4 atom stereocenters. The Morgan fingerprint density at radius 1 is 1.16 bits per heavy atom. The predicted octanol–water partition coefficient (Wildman–Crippen LogP) is 3.10. The largest absolute Gasteiger partial charge is 0.356 e. The molecular formula is C28H29ClN4O4. The number of nitrogens with zero attached hydrogens (tertiary/aromatic N) is 1. The molecule has 2 fully saturated rings. The molecule has 2 aliphatic rings. The average Bonchev–Trinajstić information content (AvgIpc) is 3.63. The molecule has 2 saturated heterocycles. The Labute approximate surface area is 219 Å². The van der Waals surface area contributed by atoms with Gasteiger partial charge < -0.3 is 25.3 Å². The molecule has 2 aliphatic heterocycles. The average molecular weight is 521 g/mol. The number of hydrogen-bond donors (Lipinski definition) is 3. The molecule has 3 N–H and O–H groups in total. The van der Waals surface area contributed by atoms with Crippen molar-refractivity contribution in [2.24, 2.45) is 11.8 Å². The van der Waals surface area contributed by atoms with Crippen LogP contribution in [0.15, 0.2) is 54.6 Å². The van der Waals surface area contributed by atoms with E-state index < -0.39 is 12.1 Å². The molecule has 0 bridgehead atoms. The first-order valence-corrected chi connectivity index (χ1v) is 13.0. The number of H-pyrrole nitrogens is 1. The lowest BCUT2D eigenvalue weighted by Gasteiger charge is -2.25. The monoisotopic (exact) mass is 520 g/mol. The number of carbonyl (C=O) groups is 4. The van der Waals surface area contributed by atoms with Crippen LogP contribution in [-0.2, 0) is 20.8 Å². The first-order valence-electron chi connectivity index (χ1n) is 12.6. The fourth-order valence-corrected chi connectivity index (χ4v) is 5.68. The molecule has 0 spiro atoms. The number of benzene rings is 2. The summed E-state index contributed by atoms with van der Waals surface area (Å²) < 4.78 is 0. The highest BCUT2D eigenvalue weighted by molar-refractivity contribution is 6.31. The minimum atomic E-state index is -0.797. The van der Waals surface area contributed by atoms with Gasteiger partial charge in [0.25, 0.3) is 5.91 Å². The number of nitrogens with one attached hydrogen (secondary N) is 3. The van der Waals surface area contributed by atoms with Crippen LogP contribution in [0.3, 0.4) is 0 Å². The van der Waals surface area contributed by atoms with Crippen LogP contribution >= 0.6 is 11.6 Å². The fraction of sp³-hybridized carbons (Fsp3) is 0.357. The minimum absolute atomic E-state index is 0.0132. The lowest BCUT2D eigenvalue weighted by molar-refractivity contribution is -0.128. The number of fused-ring (bicyclic) bond motifs is 1. The molecule has 8 nitrogen and oxygen atoms in total. The maximum absolute atomic E-state index is 13.6. The molecule has 3 heterocycles. The van der Waals surface area contributed by atoms with Gasteiger partial charge in [0.2, 0.25) is 11.8 Å². The van der Waals surface area contributed by atoms with Gasteiger partial charge in [-0.2, -0.15) is 0 Å². The van der Waals surface area contributed by atoms with E-state index in [1.54, 1.807) is 11.0 Å². The number of aldehydes is 1. The van der Waals surface area contributed by atoms with Crippen molar-refractivity contribution in [3.05, 3.63) is 70.9 Å². The molecule has 2 aromatic carbocycles. The van der Waals surface area contributed by atoms with Gasteiger partial charge in [0.1, 0.15) is 18.0 Å². The number of carbonyl (C=O) groups excluding carboxylic acids is 4. The highest BCUT2D eigenvalue weighted by atomic mass is 35.5. The summed E-state index contributed by atoms with van der Waals surface area (Å²) in [5.41, 5.74) is 2.22. The molecule has 1 aromatic heterocycles. The van der Waals surface area contributed by atoms with E-state index in [2.05, 4.69) is 15.6 Å². The third-order valence-electron chi connectivity index (χ3n) is 7.37. The van der Waals surface area contributed by atoms with Crippen molar-refractivity contribution < 1.29 is 19.2 Å². The van der Waals surface area contributed by atoms with Gasteiger partial charge in [-0.15, -0.1) is 0 Å². The summed E-state index contributed by atoms with van der Waals surface area (Å²) >= 11 is 6.39. The van der Waals surface area contributed by atoms with Crippen molar-refractivity contribution in [1.82, 2.24) is 20.5 Å². The van der Waals surface area contributed by atoms with Crippen LogP contribution < -0.4 is 10.6 Å². The molecule has 3 aromatic rings. The summed E-state index contributed by atoms with van der Waals surface area (Å²) in [6.45, 7) is 0.955. The maximum atomic E-state index is 13.6. The Morgan fingerprint density at radius 2 is 1.95 bits per heavy atom. The Bertz CT molecular complexity index is 1310. The second-order valence-electron chi connectivity index (χ2n) is 9.90. The maximum Gasteiger partial charge on any atom is 0.270 e. The van der Waals surface area contributed by atoms with Crippen LogP contribution in [0.2, 0.25) is 5.02 Å². The number of rotatable bonds is 8. The zero-order chi connectivity index (χ0) is 25.9. The number of aromatic amines is 1. The number of amides is 3. The number of hydrogen-bond acceptors (Lipinski definition) is 4. The molecule has 192 valence electrons. The Morgan fingerprint density at radius 3 is 2.68 bits per heavy atom. The molecule has 0 aliphatic carbocycles. The topological polar surface area (TPSA) is 111 Å². The summed E-state index contributed by atoms with van der Waals surface area (Å²) in [6.07, 6.45) is 2.61. The number of aromatic nitrogens is 1. The highest BCUT2D eigenvalue weighted by Gasteiger charge is 2.41. The first kappa shape index (κ1) is 25.0. The molecular weight excluding hydrogens is 492 g/mol. The van der Waals surface area contributed by atoms with Gasteiger partial charge in [-0.3, -0.25) is 14.4 Å². The van der Waals surface area contributed by atoms with Crippen molar-refractivity contribution in [1.29, 1.82) is 0 Å². The normalized spacial score (nSPS) is 22.1. The van der Waals surface area contributed by atoms with Crippen LogP contribution in [0, 0.1) is 11.8 Å². The van der Waals surface area contributed by atoms with Crippen LogP contribution in [0.5, 0.6) is 0 Å². The summed E-state index contributed by atoms with van der Waals surface area (Å²) in [6, 6.07) is 15.4. The summed E-state index contributed by atoms with van der Waals surface area (Å²) in [4.78, 5) is 55.6. The number of likely N-dealkylation sites (tertiary alicyclic amines) is 1. The zero-order valence-electron chi connectivity index (χ0n) is 20.3. The molecule has 5 rings (SSSR count). The van der Waals surface area contributed by atoms with E-state index in [4.69, 9.17) is 11.6 Å². The third kappa shape index (κ3) is 5.39. The van der Waals surface area contributed by atoms with Crippen molar-refractivity contribution in [2.75, 3.05) is 13.1 Å². The summed E-state index contributed by atoms with van der Waals surface area (Å²) in [5, 5.41) is 7.12. The molecule has 0 unspecified atom stereocenters. The van der Waals surface area contributed by atoms with E-state index >= 15 is 0 Å². The molecule has 9 heteroatoms. The lowest BCUT2D eigenvalue weighted by Crippen LogP contribution is -2.49. The Kier molecular flexibility index (Phi) is 7.28. The molecule has 3 amide bonds. The van der Waals surface area contributed by atoms with Gasteiger partial charge in [0.15, 0.2) is 0 Å². The highest BCUT2D eigenvalue weighted by Crippen LogP contribution is 2.31. The third-order valence-corrected chi connectivity index (χ3v) is 7.74. The van der Waals surface area contributed by atoms with Crippen molar-refractivity contribution in [3.8, 4) is 0 Å². The lowest BCUT2D eigenvalue weighted by atomic mass is 9.96. The second-order valence-corrected chi connectivity index (χ2v) is 10.3. The van der Waals surface area contributed by atoms with E-state index in [-0.39, 0.29) is 36.0 Å². The summed E-state index contributed by atoms with van der Waals surface area (Å²) in [7, 11) is 0. The van der Waals surface area contributed by atoms with E-state index in [0.717, 1.165) is 16.5 Å². The molecule has 37 heavy (non-hydrogen) atoms. The van der Waals surface area contributed by atoms with Gasteiger partial charge in [-0.05, 0) is 55.4 Å². The SMILES string of the molecule is O=C[C@H](C[C@@H]1CCNC1=O)NC(=O)[C@@H]1C[C@@H](Cc2ccccc2Cl)CN1C(=O)c1cc2ccccc2[nH]1. The Hall–Kier alpha value is -3.65. The van der Waals surface area contributed by atoms with Crippen molar-refractivity contribution in [2.45, 2.75) is 37.8 Å². The standard InChI is InChI=1S/C28H29ClN4O4/c29-22-7-3-1-5-18(22)11-17-12-25(27(36)31-21(16-34)13-20-9-10-30-26(20)35)33(15-17)28(37)24-14-19-6-2-4-8-23(19)32-24/h1-8,14,16-17,20-21,25,32H,9-13,15H2,(H,30,35)(H,31,36)/t17-,20+,21+,25+/m1/s1. The minimum Gasteiger partial charge on any atom is -0.356 e. The van der Waals surface area contributed by atoms with Gasteiger partial charge in [0, 0.05) is 34.9 Å². The summed E-state index contributed by atoms with van der Waals surface area (Å²) in [5.74, 6) is -1.05. The molecule has 0 saturated carbocycles. The Balaban J connectivity index is 1.36. The van der Waals surface area contributed by atoms with Gasteiger partial charge >= 0.3 is 0 Å². The second kappa shape index (κ2) is 10.8. The fourth-order valence-electron chi connectivity index (χ4n) is 5.47.